The number of ketones is 1. The Hall–Kier alpha value is -4.10. The van der Waals surface area contributed by atoms with Crippen molar-refractivity contribution in [2.45, 2.75) is 19.6 Å². The Bertz CT molecular complexity index is 1250. The van der Waals surface area contributed by atoms with Crippen molar-refractivity contribution in [3.63, 3.8) is 0 Å². The van der Waals surface area contributed by atoms with Crippen LogP contribution < -0.4 is 4.74 Å². The van der Waals surface area contributed by atoms with Crippen molar-refractivity contribution in [1.82, 2.24) is 4.90 Å². The fourth-order valence-corrected chi connectivity index (χ4v) is 4.15. The number of Topliss-reactive ketones (excluding diaryl/α,β-unsaturated/α-hetero) is 1. The number of amides is 1. The molecule has 4 rings (SSSR count). The smallest absolute Gasteiger partial charge is 0.295 e. The highest BCUT2D eigenvalue weighted by Gasteiger charge is 2.45. The first-order chi connectivity index (χ1) is 16.9. The monoisotopic (exact) mass is 473 g/mol. The molecule has 0 saturated carbocycles. The first kappa shape index (κ1) is 24.0. The summed E-state index contributed by atoms with van der Waals surface area (Å²) in [6, 6.07) is 20.3. The summed E-state index contributed by atoms with van der Waals surface area (Å²) in [5, 5.41) is 20.9. The van der Waals surface area contributed by atoms with Gasteiger partial charge in [-0.15, -0.1) is 0 Å². The second-order valence-corrected chi connectivity index (χ2v) is 8.33. The summed E-state index contributed by atoms with van der Waals surface area (Å²) < 4.78 is 11.0. The first-order valence-electron chi connectivity index (χ1n) is 11.2. The van der Waals surface area contributed by atoms with Gasteiger partial charge in [-0.05, 0) is 53.9 Å². The number of aryl methyl sites for hydroxylation is 1. The van der Waals surface area contributed by atoms with Crippen LogP contribution in [0, 0.1) is 6.92 Å². The van der Waals surface area contributed by atoms with E-state index in [4.69, 9.17) is 9.47 Å². The number of methoxy groups -OCH3 is 1. The number of benzene rings is 3. The second-order valence-electron chi connectivity index (χ2n) is 8.33. The van der Waals surface area contributed by atoms with Crippen molar-refractivity contribution in [2.75, 3.05) is 20.3 Å². The number of hydrogen-bond acceptors (Lipinski definition) is 6. The van der Waals surface area contributed by atoms with Crippen molar-refractivity contribution in [1.29, 1.82) is 0 Å². The lowest BCUT2D eigenvalue weighted by molar-refractivity contribution is -0.140. The Labute approximate surface area is 203 Å². The molecule has 0 aromatic heterocycles. The molecule has 1 amide bonds. The van der Waals surface area contributed by atoms with Crippen molar-refractivity contribution in [3.8, 4) is 11.5 Å². The van der Waals surface area contributed by atoms with Gasteiger partial charge in [-0.3, -0.25) is 9.59 Å². The van der Waals surface area contributed by atoms with Gasteiger partial charge in [-0.2, -0.15) is 0 Å². The highest BCUT2D eigenvalue weighted by atomic mass is 16.5. The number of carbonyl (C=O) groups excluding carboxylic acids is 2. The molecule has 0 aliphatic carbocycles. The third kappa shape index (κ3) is 5.05. The molecule has 1 atom stereocenters. The molecule has 1 aliphatic rings. The molecule has 1 saturated heterocycles. The molecule has 2 N–H and O–H groups in total. The molecule has 1 fully saturated rings. The Balaban J connectivity index is 1.69. The third-order valence-corrected chi connectivity index (χ3v) is 5.97. The molecule has 1 unspecified atom stereocenters. The van der Waals surface area contributed by atoms with Gasteiger partial charge < -0.3 is 24.6 Å². The van der Waals surface area contributed by atoms with Gasteiger partial charge in [0.1, 0.15) is 23.9 Å². The Morgan fingerprint density at radius 2 is 1.71 bits per heavy atom. The molecule has 3 aromatic rings. The minimum Gasteiger partial charge on any atom is -0.508 e. The Morgan fingerprint density at radius 3 is 2.37 bits per heavy atom. The molecule has 3 aromatic carbocycles. The number of nitrogens with zero attached hydrogens (tertiary/aromatic N) is 1. The number of aliphatic hydroxyl groups is 1. The van der Waals surface area contributed by atoms with E-state index in [-0.39, 0.29) is 30.2 Å². The maximum atomic E-state index is 13.0. The van der Waals surface area contributed by atoms with Gasteiger partial charge in [0.05, 0.1) is 18.2 Å². The summed E-state index contributed by atoms with van der Waals surface area (Å²) in [6.45, 7) is 2.66. The number of aromatic hydroxyl groups is 1. The molecule has 1 heterocycles. The van der Waals surface area contributed by atoms with Crippen molar-refractivity contribution in [2.24, 2.45) is 0 Å². The minimum absolute atomic E-state index is 0.00542. The molecule has 0 bridgehead atoms. The fourth-order valence-electron chi connectivity index (χ4n) is 4.15. The number of rotatable bonds is 8. The molecular formula is C28H27NO6. The van der Waals surface area contributed by atoms with Crippen LogP contribution in [-0.2, 0) is 20.9 Å². The van der Waals surface area contributed by atoms with E-state index in [2.05, 4.69) is 0 Å². The predicted octanol–water partition coefficient (Wildman–Crippen LogP) is 4.35. The highest BCUT2D eigenvalue weighted by Crippen LogP contribution is 2.40. The zero-order valence-corrected chi connectivity index (χ0v) is 19.6. The van der Waals surface area contributed by atoms with E-state index in [0.29, 0.717) is 23.5 Å². The molecule has 35 heavy (non-hydrogen) atoms. The van der Waals surface area contributed by atoms with Gasteiger partial charge in [-0.1, -0.05) is 42.5 Å². The van der Waals surface area contributed by atoms with Gasteiger partial charge >= 0.3 is 0 Å². The zero-order valence-electron chi connectivity index (χ0n) is 19.6. The third-order valence-electron chi connectivity index (χ3n) is 5.97. The van der Waals surface area contributed by atoms with Gasteiger partial charge in [0, 0.05) is 19.2 Å². The lowest BCUT2D eigenvalue weighted by atomic mass is 9.94. The van der Waals surface area contributed by atoms with Crippen LogP contribution in [0.4, 0.5) is 0 Å². The van der Waals surface area contributed by atoms with Crippen molar-refractivity contribution >= 4 is 17.4 Å². The van der Waals surface area contributed by atoms with Crippen LogP contribution in [0.5, 0.6) is 11.5 Å². The van der Waals surface area contributed by atoms with Gasteiger partial charge in [-0.25, -0.2) is 0 Å². The fraction of sp³-hybridized carbons (Fsp3) is 0.214. The van der Waals surface area contributed by atoms with Crippen molar-refractivity contribution in [3.05, 3.63) is 101 Å². The van der Waals surface area contributed by atoms with Gasteiger partial charge in [0.25, 0.3) is 11.7 Å². The van der Waals surface area contributed by atoms with Crippen LogP contribution in [0.25, 0.3) is 5.76 Å². The average molecular weight is 474 g/mol. The van der Waals surface area contributed by atoms with Gasteiger partial charge in [0.15, 0.2) is 0 Å². The summed E-state index contributed by atoms with van der Waals surface area (Å²) in [6.07, 6.45) is 0. The van der Waals surface area contributed by atoms with E-state index in [1.54, 1.807) is 30.3 Å². The number of phenols is 1. The lowest BCUT2D eigenvalue weighted by Crippen LogP contribution is -2.32. The molecule has 7 nitrogen and oxygen atoms in total. The lowest BCUT2D eigenvalue weighted by Gasteiger charge is -2.25. The van der Waals surface area contributed by atoms with Crippen LogP contribution >= 0.6 is 0 Å². The highest BCUT2D eigenvalue weighted by molar-refractivity contribution is 6.46. The van der Waals surface area contributed by atoms with Crippen LogP contribution in [-0.4, -0.2) is 47.1 Å². The first-order valence-corrected chi connectivity index (χ1v) is 11.2. The van der Waals surface area contributed by atoms with E-state index >= 15 is 0 Å². The maximum Gasteiger partial charge on any atom is 0.295 e. The normalized spacial score (nSPS) is 17.1. The SMILES string of the molecule is COCCN1C(=O)C(=O)/C(=C(\O)c2ccc(OCc3ccccc3)c(C)c2)C1c1ccc(O)cc1. The quantitative estimate of drug-likeness (QED) is 0.287. The van der Waals surface area contributed by atoms with Crippen LogP contribution in [0.15, 0.2) is 78.4 Å². The summed E-state index contributed by atoms with van der Waals surface area (Å²) in [5.41, 5.74) is 2.81. The molecule has 0 radical (unpaired) electrons. The number of hydrogen-bond donors (Lipinski definition) is 2. The average Bonchev–Trinajstić information content (AvgIpc) is 3.12. The largest absolute Gasteiger partial charge is 0.508 e. The second kappa shape index (κ2) is 10.4. The number of phenolic OH excluding ortho intramolecular Hbond substituents is 1. The summed E-state index contributed by atoms with van der Waals surface area (Å²) in [4.78, 5) is 27.3. The number of carbonyl (C=O) groups is 2. The Morgan fingerprint density at radius 1 is 1.00 bits per heavy atom. The molecule has 1 aliphatic heterocycles. The summed E-state index contributed by atoms with van der Waals surface area (Å²) in [7, 11) is 1.51. The Kier molecular flexibility index (Phi) is 7.17. The number of ether oxygens (including phenoxy) is 2. The summed E-state index contributed by atoms with van der Waals surface area (Å²) >= 11 is 0. The number of likely N-dealkylation sites (tertiary alicyclic amines) is 1. The van der Waals surface area contributed by atoms with E-state index in [1.165, 1.54) is 24.1 Å². The maximum absolute atomic E-state index is 13.0. The zero-order chi connectivity index (χ0) is 24.9. The number of aliphatic hydroxyl groups excluding tert-OH is 1. The molecule has 7 heteroatoms. The predicted molar refractivity (Wildman–Crippen MR) is 131 cm³/mol. The van der Waals surface area contributed by atoms with Crippen molar-refractivity contribution < 1.29 is 29.3 Å². The molecular weight excluding hydrogens is 446 g/mol. The van der Waals surface area contributed by atoms with Crippen LogP contribution in [0.1, 0.15) is 28.3 Å². The molecule has 180 valence electrons. The van der Waals surface area contributed by atoms with Gasteiger partial charge in [0.2, 0.25) is 0 Å². The topological polar surface area (TPSA) is 96.3 Å². The standard InChI is InChI=1S/C28H27NO6/c1-18-16-21(10-13-23(18)35-17-19-6-4-3-5-7-19)26(31)24-25(20-8-11-22(30)12-9-20)29(14-15-34-2)28(33)27(24)32/h3-13,16,25,30-31H,14-15,17H2,1-2H3/b26-24-. The van der Waals surface area contributed by atoms with Crippen LogP contribution in [0.3, 0.4) is 0 Å². The van der Waals surface area contributed by atoms with Crippen LogP contribution in [0.2, 0.25) is 0 Å². The van der Waals surface area contributed by atoms with E-state index in [9.17, 15) is 19.8 Å². The summed E-state index contributed by atoms with van der Waals surface area (Å²) in [5.74, 6) is -1.02. The van der Waals surface area contributed by atoms with E-state index < -0.39 is 17.7 Å². The minimum atomic E-state index is -0.805. The van der Waals surface area contributed by atoms with E-state index in [0.717, 1.165) is 11.1 Å². The van der Waals surface area contributed by atoms with E-state index in [1.807, 2.05) is 37.3 Å². The molecule has 0 spiro atoms.